The molecule has 56 valence electrons. The molecule has 0 spiro atoms. The smallest absolute Gasteiger partial charge is 0.123 e. The van der Waals surface area contributed by atoms with E-state index >= 15 is 0 Å². The summed E-state index contributed by atoms with van der Waals surface area (Å²) in [6, 6.07) is 6.63. The summed E-state index contributed by atoms with van der Waals surface area (Å²) in [5.41, 5.74) is 0.982. The third-order valence-corrected chi connectivity index (χ3v) is 2.13. The Morgan fingerprint density at radius 3 is 2.91 bits per heavy atom. The zero-order valence-electron chi connectivity index (χ0n) is 5.57. The van der Waals surface area contributed by atoms with Crippen LogP contribution in [-0.4, -0.2) is 4.98 Å². The minimum absolute atomic E-state index is 0.187. The van der Waals surface area contributed by atoms with Crippen molar-refractivity contribution in [2.24, 2.45) is 0 Å². The minimum atomic E-state index is -0.187. The first kappa shape index (κ1) is 7.09. The summed E-state index contributed by atoms with van der Waals surface area (Å²) >= 11 is 2.17. The molecule has 2 aromatic rings. The van der Waals surface area contributed by atoms with E-state index in [4.69, 9.17) is 0 Å². The molecule has 11 heavy (non-hydrogen) atoms. The van der Waals surface area contributed by atoms with Gasteiger partial charge in [-0.25, -0.2) is 4.39 Å². The van der Waals surface area contributed by atoms with Crippen molar-refractivity contribution in [3.8, 4) is 0 Å². The van der Waals surface area contributed by atoms with Crippen molar-refractivity contribution >= 4 is 33.5 Å². The average molecular weight is 261 g/mol. The highest BCUT2D eigenvalue weighted by molar-refractivity contribution is 14.1. The Morgan fingerprint density at radius 2 is 2.09 bits per heavy atom. The molecule has 2 rings (SSSR count). The van der Waals surface area contributed by atoms with E-state index in [2.05, 4.69) is 27.6 Å². The van der Waals surface area contributed by atoms with E-state index in [1.165, 1.54) is 12.1 Å². The molecule has 0 saturated heterocycles. The van der Waals surface area contributed by atoms with Crippen LogP contribution in [0.4, 0.5) is 4.39 Å². The Morgan fingerprint density at radius 1 is 1.27 bits per heavy atom. The predicted molar refractivity (Wildman–Crippen MR) is 51.0 cm³/mol. The number of rotatable bonds is 0. The van der Waals surface area contributed by atoms with Crippen LogP contribution in [0.15, 0.2) is 24.3 Å². The van der Waals surface area contributed by atoms with Crippen molar-refractivity contribution in [1.82, 2.24) is 4.98 Å². The fourth-order valence-corrected chi connectivity index (χ4v) is 1.69. The minimum Gasteiger partial charge on any atom is -0.350 e. The van der Waals surface area contributed by atoms with E-state index in [1.807, 2.05) is 6.07 Å². The topological polar surface area (TPSA) is 15.8 Å². The zero-order chi connectivity index (χ0) is 7.84. The van der Waals surface area contributed by atoms with Crippen LogP contribution in [0.2, 0.25) is 0 Å². The molecule has 0 saturated carbocycles. The number of hydrogen-bond acceptors (Lipinski definition) is 0. The highest BCUT2D eigenvalue weighted by Crippen LogP contribution is 2.17. The predicted octanol–water partition coefficient (Wildman–Crippen LogP) is 2.91. The van der Waals surface area contributed by atoms with Crippen molar-refractivity contribution in [3.63, 3.8) is 0 Å². The van der Waals surface area contributed by atoms with Crippen molar-refractivity contribution in [1.29, 1.82) is 0 Å². The Bertz CT molecular complexity index is 394. The number of aromatic nitrogens is 1. The number of hydrogen-bond donors (Lipinski definition) is 1. The summed E-state index contributed by atoms with van der Waals surface area (Å²) in [4.78, 5) is 3.11. The van der Waals surface area contributed by atoms with Gasteiger partial charge in [-0.05, 0) is 46.9 Å². The first-order chi connectivity index (χ1) is 5.25. The van der Waals surface area contributed by atoms with Gasteiger partial charge in [-0.1, -0.05) is 0 Å². The van der Waals surface area contributed by atoms with Gasteiger partial charge in [0.25, 0.3) is 0 Å². The van der Waals surface area contributed by atoms with Crippen LogP contribution in [0, 0.1) is 9.52 Å². The van der Waals surface area contributed by atoms with Gasteiger partial charge in [0.2, 0.25) is 0 Å². The van der Waals surface area contributed by atoms with Crippen molar-refractivity contribution in [2.45, 2.75) is 0 Å². The van der Waals surface area contributed by atoms with Gasteiger partial charge in [-0.3, -0.25) is 0 Å². The molecule has 3 heteroatoms. The molecule has 1 N–H and O–H groups in total. The van der Waals surface area contributed by atoms with Crippen LogP contribution in [0.1, 0.15) is 0 Å². The summed E-state index contributed by atoms with van der Waals surface area (Å²) in [7, 11) is 0. The highest BCUT2D eigenvalue weighted by atomic mass is 127. The van der Waals surface area contributed by atoms with E-state index in [0.29, 0.717) is 0 Å². The summed E-state index contributed by atoms with van der Waals surface area (Å²) in [6.07, 6.45) is 0. The number of H-pyrrole nitrogens is 1. The molecule has 0 atom stereocenters. The lowest BCUT2D eigenvalue weighted by Gasteiger charge is -1.87. The second-order valence-electron chi connectivity index (χ2n) is 2.35. The fourth-order valence-electron chi connectivity index (χ4n) is 1.07. The second kappa shape index (κ2) is 2.48. The highest BCUT2D eigenvalue weighted by Gasteiger charge is 1.97. The molecule has 0 aliphatic rings. The van der Waals surface area contributed by atoms with E-state index in [9.17, 15) is 4.39 Å². The summed E-state index contributed by atoms with van der Waals surface area (Å²) in [6.45, 7) is 0. The van der Waals surface area contributed by atoms with Gasteiger partial charge in [-0.2, -0.15) is 0 Å². The van der Waals surface area contributed by atoms with Gasteiger partial charge in [0.1, 0.15) is 5.82 Å². The molecular formula is C8H5FIN. The maximum Gasteiger partial charge on any atom is 0.123 e. The molecule has 1 aromatic carbocycles. The quantitative estimate of drug-likeness (QED) is 0.702. The lowest BCUT2D eigenvalue weighted by atomic mass is 10.2. The largest absolute Gasteiger partial charge is 0.350 e. The van der Waals surface area contributed by atoms with E-state index in [1.54, 1.807) is 6.07 Å². The molecule has 1 aromatic heterocycles. The molecule has 0 unspecified atom stereocenters. The van der Waals surface area contributed by atoms with E-state index in [0.717, 1.165) is 14.6 Å². The van der Waals surface area contributed by atoms with Crippen LogP contribution < -0.4 is 0 Å². The SMILES string of the molecule is Fc1ccc2[nH]c(I)cc2c1. The Balaban J connectivity index is 2.82. The normalized spacial score (nSPS) is 10.7. The van der Waals surface area contributed by atoms with Gasteiger partial charge in [-0.15, -0.1) is 0 Å². The third-order valence-electron chi connectivity index (χ3n) is 1.55. The second-order valence-corrected chi connectivity index (χ2v) is 3.51. The maximum absolute atomic E-state index is 12.6. The molecule has 0 bridgehead atoms. The molecular weight excluding hydrogens is 256 g/mol. The number of aromatic amines is 1. The van der Waals surface area contributed by atoms with Gasteiger partial charge in [0, 0.05) is 10.9 Å². The molecule has 1 heterocycles. The van der Waals surface area contributed by atoms with Gasteiger partial charge in [0.05, 0.1) is 3.70 Å². The number of halogens is 2. The van der Waals surface area contributed by atoms with Gasteiger partial charge < -0.3 is 4.98 Å². The summed E-state index contributed by atoms with van der Waals surface area (Å²) < 4.78 is 13.7. The fraction of sp³-hybridized carbons (Fsp3) is 0. The first-order valence-electron chi connectivity index (χ1n) is 3.19. The third kappa shape index (κ3) is 1.24. The average Bonchev–Trinajstić information content (AvgIpc) is 2.27. The first-order valence-corrected chi connectivity index (χ1v) is 4.27. The number of fused-ring (bicyclic) bond motifs is 1. The molecule has 1 nitrogen and oxygen atoms in total. The Hall–Kier alpha value is -0.580. The van der Waals surface area contributed by atoms with Crippen LogP contribution >= 0.6 is 22.6 Å². The van der Waals surface area contributed by atoms with Gasteiger partial charge >= 0.3 is 0 Å². The lowest BCUT2D eigenvalue weighted by molar-refractivity contribution is 0.630. The molecule has 0 fully saturated rings. The summed E-state index contributed by atoms with van der Waals surface area (Å²) in [5.74, 6) is -0.187. The van der Waals surface area contributed by atoms with E-state index in [-0.39, 0.29) is 5.82 Å². The standard InChI is InChI=1S/C8H5FIN/c9-6-1-2-7-5(3-6)4-8(10)11-7/h1-4,11H. The Kier molecular flexibility index (Phi) is 1.60. The number of benzene rings is 1. The molecule has 0 aliphatic carbocycles. The van der Waals surface area contributed by atoms with Crippen LogP contribution in [0.3, 0.4) is 0 Å². The molecule has 0 radical (unpaired) electrons. The van der Waals surface area contributed by atoms with Crippen molar-refractivity contribution in [2.75, 3.05) is 0 Å². The maximum atomic E-state index is 12.6. The lowest BCUT2D eigenvalue weighted by Crippen LogP contribution is -1.71. The zero-order valence-corrected chi connectivity index (χ0v) is 7.72. The van der Waals surface area contributed by atoms with E-state index < -0.39 is 0 Å². The number of nitrogens with one attached hydrogen (secondary N) is 1. The monoisotopic (exact) mass is 261 g/mol. The van der Waals surface area contributed by atoms with Gasteiger partial charge in [0.15, 0.2) is 0 Å². The van der Waals surface area contributed by atoms with Crippen molar-refractivity contribution in [3.05, 3.63) is 33.8 Å². The summed E-state index contributed by atoms with van der Waals surface area (Å²) in [5, 5.41) is 0.925. The van der Waals surface area contributed by atoms with Crippen LogP contribution in [0.25, 0.3) is 10.9 Å². The Labute approximate surface area is 76.7 Å². The van der Waals surface area contributed by atoms with Crippen molar-refractivity contribution < 1.29 is 4.39 Å². The van der Waals surface area contributed by atoms with Crippen LogP contribution in [0.5, 0.6) is 0 Å². The van der Waals surface area contributed by atoms with Crippen LogP contribution in [-0.2, 0) is 0 Å². The molecule has 0 amide bonds. The molecule has 0 aliphatic heterocycles.